The van der Waals surface area contributed by atoms with Crippen LogP contribution in [-0.2, 0) is 6.42 Å². The minimum atomic E-state index is 0.129. The Bertz CT molecular complexity index is 325. The zero-order valence-electron chi connectivity index (χ0n) is 8.45. The Morgan fingerprint density at radius 3 is 3.21 bits per heavy atom. The van der Waals surface area contributed by atoms with Crippen molar-refractivity contribution in [2.24, 2.45) is 0 Å². The molecule has 0 saturated carbocycles. The molecule has 76 valence electrons. The number of fused-ring (bicyclic) bond motifs is 1. The van der Waals surface area contributed by atoms with Gasteiger partial charge in [0.1, 0.15) is 5.82 Å². The Kier molecular flexibility index (Phi) is 2.68. The van der Waals surface area contributed by atoms with Crippen LogP contribution in [0.4, 0.5) is 5.82 Å². The molecule has 3 heteroatoms. The summed E-state index contributed by atoms with van der Waals surface area (Å²) >= 11 is 0. The smallest absolute Gasteiger partial charge is 0.129 e. The number of aliphatic hydroxyl groups excluding tert-OH is 1. The van der Waals surface area contributed by atoms with Crippen LogP contribution in [0.3, 0.4) is 0 Å². The molecule has 1 atom stereocenters. The Hall–Kier alpha value is -1.09. The number of aliphatic hydroxyl groups is 1. The molecule has 1 aliphatic heterocycles. The number of nitrogens with one attached hydrogen (secondary N) is 1. The summed E-state index contributed by atoms with van der Waals surface area (Å²) in [5, 5.41) is 12.3. The number of aromatic nitrogens is 1. The quantitative estimate of drug-likeness (QED) is 0.747. The molecule has 0 radical (unpaired) electrons. The van der Waals surface area contributed by atoms with Gasteiger partial charge in [-0.3, -0.25) is 0 Å². The lowest BCUT2D eigenvalue weighted by Gasteiger charge is -2.18. The maximum atomic E-state index is 9.03. The largest absolute Gasteiger partial charge is 0.396 e. The molecule has 3 nitrogen and oxygen atoms in total. The summed E-state index contributed by atoms with van der Waals surface area (Å²) in [5.74, 6) is 1.14. The average molecular weight is 192 g/mol. The fourth-order valence-electron chi connectivity index (χ4n) is 1.71. The molecule has 0 fully saturated rings. The predicted molar refractivity (Wildman–Crippen MR) is 56.5 cm³/mol. The van der Waals surface area contributed by atoms with Gasteiger partial charge in [0, 0.05) is 18.2 Å². The zero-order chi connectivity index (χ0) is 9.97. The Morgan fingerprint density at radius 1 is 1.57 bits per heavy atom. The molecular weight excluding hydrogens is 176 g/mol. The third-order valence-electron chi connectivity index (χ3n) is 2.69. The van der Waals surface area contributed by atoms with Gasteiger partial charge in [0.25, 0.3) is 0 Å². The first-order chi connectivity index (χ1) is 6.81. The van der Waals surface area contributed by atoms with Gasteiger partial charge in [0.15, 0.2) is 0 Å². The Morgan fingerprint density at radius 2 is 2.43 bits per heavy atom. The lowest BCUT2D eigenvalue weighted by molar-refractivity contribution is 0.271. The van der Waals surface area contributed by atoms with Gasteiger partial charge >= 0.3 is 0 Å². The SMILES string of the molecule is CC(CO)c1ccc2c(n1)NCCC2. The van der Waals surface area contributed by atoms with Gasteiger partial charge in [-0.2, -0.15) is 0 Å². The van der Waals surface area contributed by atoms with Gasteiger partial charge in [-0.25, -0.2) is 4.98 Å². The molecule has 1 aromatic heterocycles. The summed E-state index contributed by atoms with van der Waals surface area (Å²) in [7, 11) is 0. The molecule has 1 aromatic rings. The first kappa shape index (κ1) is 9.46. The number of nitrogens with zero attached hydrogens (tertiary/aromatic N) is 1. The van der Waals surface area contributed by atoms with Crippen molar-refractivity contribution in [3.63, 3.8) is 0 Å². The number of rotatable bonds is 2. The van der Waals surface area contributed by atoms with Crippen molar-refractivity contribution >= 4 is 5.82 Å². The van der Waals surface area contributed by atoms with Crippen molar-refractivity contribution in [1.82, 2.24) is 4.98 Å². The van der Waals surface area contributed by atoms with E-state index in [1.165, 1.54) is 12.0 Å². The molecule has 14 heavy (non-hydrogen) atoms. The standard InChI is InChI=1S/C11H16N2O/c1-8(7-14)10-5-4-9-3-2-6-12-11(9)13-10/h4-5,8,14H,2-3,6-7H2,1H3,(H,12,13). The van der Waals surface area contributed by atoms with Gasteiger partial charge in [-0.1, -0.05) is 13.0 Å². The summed E-state index contributed by atoms with van der Waals surface area (Å²) < 4.78 is 0. The predicted octanol–water partition coefficient (Wildman–Crippen LogP) is 1.54. The minimum Gasteiger partial charge on any atom is -0.396 e. The summed E-state index contributed by atoms with van der Waals surface area (Å²) in [6.07, 6.45) is 2.30. The molecular formula is C11H16N2O. The van der Waals surface area contributed by atoms with E-state index in [1.807, 2.05) is 13.0 Å². The fraction of sp³-hybridized carbons (Fsp3) is 0.545. The highest BCUT2D eigenvalue weighted by atomic mass is 16.3. The molecule has 1 aliphatic rings. The summed E-state index contributed by atoms with van der Waals surface area (Å²) in [6.45, 7) is 3.15. The summed E-state index contributed by atoms with van der Waals surface area (Å²) in [6, 6.07) is 4.14. The van der Waals surface area contributed by atoms with E-state index in [1.54, 1.807) is 0 Å². The van der Waals surface area contributed by atoms with Gasteiger partial charge in [-0.15, -0.1) is 0 Å². The number of hydrogen-bond donors (Lipinski definition) is 2. The molecule has 1 unspecified atom stereocenters. The topological polar surface area (TPSA) is 45.2 Å². The van der Waals surface area contributed by atoms with Gasteiger partial charge < -0.3 is 10.4 Å². The van der Waals surface area contributed by atoms with Crippen molar-refractivity contribution in [3.05, 3.63) is 23.4 Å². The van der Waals surface area contributed by atoms with Crippen LogP contribution < -0.4 is 5.32 Å². The molecule has 2 N–H and O–H groups in total. The average Bonchev–Trinajstić information content (AvgIpc) is 2.27. The molecule has 0 amide bonds. The third-order valence-corrected chi connectivity index (χ3v) is 2.69. The van der Waals surface area contributed by atoms with Crippen LogP contribution in [0.15, 0.2) is 12.1 Å². The maximum absolute atomic E-state index is 9.03. The number of anilines is 1. The van der Waals surface area contributed by atoms with Gasteiger partial charge in [-0.05, 0) is 24.5 Å². The van der Waals surface area contributed by atoms with Crippen LogP contribution >= 0.6 is 0 Å². The van der Waals surface area contributed by atoms with E-state index in [2.05, 4.69) is 16.4 Å². The van der Waals surface area contributed by atoms with Crippen molar-refractivity contribution < 1.29 is 5.11 Å². The van der Waals surface area contributed by atoms with E-state index in [4.69, 9.17) is 5.11 Å². The second kappa shape index (κ2) is 3.96. The van der Waals surface area contributed by atoms with Crippen molar-refractivity contribution in [1.29, 1.82) is 0 Å². The molecule has 0 saturated heterocycles. The Labute approximate surface area is 84.2 Å². The second-order valence-corrected chi connectivity index (χ2v) is 3.86. The molecule has 0 spiro atoms. The summed E-state index contributed by atoms with van der Waals surface area (Å²) in [5.41, 5.74) is 2.27. The van der Waals surface area contributed by atoms with Gasteiger partial charge in [0.2, 0.25) is 0 Å². The first-order valence-electron chi connectivity index (χ1n) is 5.16. The van der Waals surface area contributed by atoms with E-state index in [0.717, 1.165) is 24.5 Å². The second-order valence-electron chi connectivity index (χ2n) is 3.86. The van der Waals surface area contributed by atoms with Crippen LogP contribution in [0, 0.1) is 0 Å². The fourth-order valence-corrected chi connectivity index (χ4v) is 1.71. The van der Waals surface area contributed by atoms with Crippen molar-refractivity contribution in [2.45, 2.75) is 25.7 Å². The highest BCUT2D eigenvalue weighted by Gasteiger charge is 2.12. The van der Waals surface area contributed by atoms with E-state index >= 15 is 0 Å². The normalized spacial score (nSPS) is 17.0. The number of hydrogen-bond acceptors (Lipinski definition) is 3. The van der Waals surface area contributed by atoms with Gasteiger partial charge in [0.05, 0.1) is 6.61 Å². The van der Waals surface area contributed by atoms with E-state index in [9.17, 15) is 0 Å². The molecule has 0 bridgehead atoms. The zero-order valence-corrected chi connectivity index (χ0v) is 8.45. The van der Waals surface area contributed by atoms with Crippen LogP contribution in [0.5, 0.6) is 0 Å². The number of pyridine rings is 1. The van der Waals surface area contributed by atoms with Crippen LogP contribution in [0.2, 0.25) is 0 Å². The molecule has 0 aromatic carbocycles. The number of aryl methyl sites for hydroxylation is 1. The van der Waals surface area contributed by atoms with E-state index in [-0.39, 0.29) is 12.5 Å². The first-order valence-corrected chi connectivity index (χ1v) is 5.16. The van der Waals surface area contributed by atoms with Crippen LogP contribution in [-0.4, -0.2) is 23.2 Å². The van der Waals surface area contributed by atoms with Crippen LogP contribution in [0.1, 0.15) is 30.5 Å². The Balaban J connectivity index is 2.29. The van der Waals surface area contributed by atoms with Crippen molar-refractivity contribution in [2.75, 3.05) is 18.5 Å². The highest BCUT2D eigenvalue weighted by molar-refractivity contribution is 5.47. The van der Waals surface area contributed by atoms with E-state index in [0.29, 0.717) is 0 Å². The lowest BCUT2D eigenvalue weighted by atomic mass is 10.0. The minimum absolute atomic E-state index is 0.129. The molecule has 2 rings (SSSR count). The van der Waals surface area contributed by atoms with E-state index < -0.39 is 0 Å². The van der Waals surface area contributed by atoms with Crippen LogP contribution in [0.25, 0.3) is 0 Å². The highest BCUT2D eigenvalue weighted by Crippen LogP contribution is 2.22. The maximum Gasteiger partial charge on any atom is 0.129 e. The molecule has 0 aliphatic carbocycles. The monoisotopic (exact) mass is 192 g/mol. The van der Waals surface area contributed by atoms with Crippen molar-refractivity contribution in [3.8, 4) is 0 Å². The molecule has 2 heterocycles. The third kappa shape index (κ3) is 1.73. The lowest BCUT2D eigenvalue weighted by Crippen LogP contribution is -2.15. The summed E-state index contributed by atoms with van der Waals surface area (Å²) in [4.78, 5) is 4.51.